The van der Waals surface area contributed by atoms with Crippen LogP contribution in [0.5, 0.6) is 0 Å². The summed E-state index contributed by atoms with van der Waals surface area (Å²) in [5, 5.41) is 7.64. The van der Waals surface area contributed by atoms with Gasteiger partial charge < -0.3 is 9.88 Å². The Kier molecular flexibility index (Phi) is 4.52. The molecule has 0 aliphatic rings. The van der Waals surface area contributed by atoms with Gasteiger partial charge in [-0.1, -0.05) is 13.8 Å². The highest BCUT2D eigenvalue weighted by Gasteiger charge is 2.02. The van der Waals surface area contributed by atoms with E-state index in [1.807, 2.05) is 29.5 Å². The molecule has 0 bridgehead atoms. The monoisotopic (exact) mass is 247 g/mol. The van der Waals surface area contributed by atoms with Crippen LogP contribution in [0.25, 0.3) is 0 Å². The lowest BCUT2D eigenvalue weighted by Crippen LogP contribution is -2.21. The van der Waals surface area contributed by atoms with Crippen LogP contribution >= 0.6 is 0 Å². The Hall–Kier alpha value is -1.62. The van der Waals surface area contributed by atoms with Gasteiger partial charge in [0.1, 0.15) is 0 Å². The second kappa shape index (κ2) is 6.35. The van der Waals surface area contributed by atoms with E-state index < -0.39 is 0 Å². The number of hydrogen-bond donors (Lipinski definition) is 1. The van der Waals surface area contributed by atoms with Crippen LogP contribution in [0.15, 0.2) is 31.0 Å². The molecule has 2 heterocycles. The number of hydrogen-bond acceptors (Lipinski definition) is 3. The van der Waals surface area contributed by atoms with Crippen LogP contribution in [0.1, 0.15) is 19.5 Å². The summed E-state index contributed by atoms with van der Waals surface area (Å²) in [6.07, 6.45) is 7.60. The average Bonchev–Trinajstić information content (AvgIpc) is 2.96. The number of rotatable bonds is 7. The highest BCUT2D eigenvalue weighted by atomic mass is 15.3. The Labute approximate surface area is 108 Å². The summed E-state index contributed by atoms with van der Waals surface area (Å²) >= 11 is 0. The first-order chi connectivity index (χ1) is 8.75. The minimum Gasteiger partial charge on any atom is -0.332 e. The van der Waals surface area contributed by atoms with Gasteiger partial charge in [-0.15, -0.1) is 0 Å². The van der Waals surface area contributed by atoms with Crippen molar-refractivity contribution in [2.45, 2.75) is 33.5 Å². The van der Waals surface area contributed by atoms with Crippen molar-refractivity contribution in [3.63, 3.8) is 0 Å². The van der Waals surface area contributed by atoms with Crippen LogP contribution in [0.3, 0.4) is 0 Å². The van der Waals surface area contributed by atoms with E-state index in [9.17, 15) is 0 Å². The molecule has 2 rings (SSSR count). The van der Waals surface area contributed by atoms with Gasteiger partial charge >= 0.3 is 0 Å². The number of aromatic nitrogens is 4. The van der Waals surface area contributed by atoms with Crippen LogP contribution in [0.2, 0.25) is 0 Å². The number of imidazole rings is 1. The molecule has 18 heavy (non-hydrogen) atoms. The van der Waals surface area contributed by atoms with E-state index in [1.54, 1.807) is 6.20 Å². The molecule has 0 aliphatic carbocycles. The summed E-state index contributed by atoms with van der Waals surface area (Å²) in [5.74, 6) is 0.672. The van der Waals surface area contributed by atoms with Gasteiger partial charge in [0.05, 0.1) is 18.6 Å². The van der Waals surface area contributed by atoms with Crippen LogP contribution in [0, 0.1) is 5.92 Å². The zero-order chi connectivity index (χ0) is 12.8. The zero-order valence-corrected chi connectivity index (χ0v) is 11.1. The third kappa shape index (κ3) is 3.70. The minimum atomic E-state index is 0.672. The van der Waals surface area contributed by atoms with E-state index in [0.29, 0.717) is 5.92 Å². The molecule has 5 heteroatoms. The lowest BCUT2D eigenvalue weighted by molar-refractivity contribution is 0.501. The van der Waals surface area contributed by atoms with Gasteiger partial charge in [-0.3, -0.25) is 4.68 Å². The minimum absolute atomic E-state index is 0.672. The van der Waals surface area contributed by atoms with Crippen LogP contribution in [-0.2, 0) is 19.6 Å². The predicted octanol–water partition coefficient (Wildman–Crippen LogP) is 1.53. The molecule has 0 aliphatic heterocycles. The maximum atomic E-state index is 4.21. The average molecular weight is 247 g/mol. The summed E-state index contributed by atoms with van der Waals surface area (Å²) in [6, 6.07) is 1.94. The van der Waals surface area contributed by atoms with Crippen LogP contribution < -0.4 is 5.32 Å². The van der Waals surface area contributed by atoms with Crippen molar-refractivity contribution in [1.82, 2.24) is 24.6 Å². The lowest BCUT2D eigenvalue weighted by Gasteiger charge is -2.10. The topological polar surface area (TPSA) is 47.7 Å². The number of nitrogens with zero attached hydrogens (tertiary/aromatic N) is 4. The SMILES string of the molecule is CC(C)CNCc1cncn1CCn1cccn1. The van der Waals surface area contributed by atoms with Gasteiger partial charge in [-0.2, -0.15) is 5.10 Å². The Morgan fingerprint density at radius 3 is 2.94 bits per heavy atom. The van der Waals surface area contributed by atoms with Crippen molar-refractivity contribution >= 4 is 0 Å². The molecule has 0 spiro atoms. The Balaban J connectivity index is 1.83. The Morgan fingerprint density at radius 2 is 2.22 bits per heavy atom. The predicted molar refractivity (Wildman–Crippen MR) is 71.0 cm³/mol. The van der Waals surface area contributed by atoms with Crippen molar-refractivity contribution in [1.29, 1.82) is 0 Å². The van der Waals surface area contributed by atoms with E-state index in [0.717, 1.165) is 26.2 Å². The van der Waals surface area contributed by atoms with E-state index >= 15 is 0 Å². The smallest absolute Gasteiger partial charge is 0.0949 e. The summed E-state index contributed by atoms with van der Waals surface area (Å²) in [5.41, 5.74) is 1.22. The van der Waals surface area contributed by atoms with Crippen molar-refractivity contribution in [3.8, 4) is 0 Å². The van der Waals surface area contributed by atoms with Gasteiger partial charge in [-0.25, -0.2) is 4.98 Å². The van der Waals surface area contributed by atoms with Gasteiger partial charge in [0.15, 0.2) is 0 Å². The third-order valence-electron chi connectivity index (χ3n) is 2.79. The first-order valence-electron chi connectivity index (χ1n) is 6.43. The Morgan fingerprint density at radius 1 is 1.33 bits per heavy atom. The lowest BCUT2D eigenvalue weighted by atomic mass is 10.2. The molecule has 0 saturated heterocycles. The summed E-state index contributed by atoms with van der Waals surface area (Å²) in [7, 11) is 0. The molecule has 0 saturated carbocycles. The molecular weight excluding hydrogens is 226 g/mol. The zero-order valence-electron chi connectivity index (χ0n) is 11.1. The van der Waals surface area contributed by atoms with E-state index in [4.69, 9.17) is 0 Å². The maximum Gasteiger partial charge on any atom is 0.0949 e. The van der Waals surface area contributed by atoms with Crippen molar-refractivity contribution < 1.29 is 0 Å². The van der Waals surface area contributed by atoms with Gasteiger partial charge in [0.2, 0.25) is 0 Å². The maximum absolute atomic E-state index is 4.21. The van der Waals surface area contributed by atoms with Gasteiger partial charge in [-0.05, 0) is 18.5 Å². The molecule has 5 nitrogen and oxygen atoms in total. The second-order valence-corrected chi connectivity index (χ2v) is 4.87. The Bertz CT molecular complexity index is 444. The van der Waals surface area contributed by atoms with Crippen LogP contribution in [-0.4, -0.2) is 25.9 Å². The molecule has 2 aromatic rings. The van der Waals surface area contributed by atoms with Crippen LogP contribution in [0.4, 0.5) is 0 Å². The highest BCUT2D eigenvalue weighted by Crippen LogP contribution is 2.00. The first kappa shape index (κ1) is 12.8. The summed E-state index contributed by atoms with van der Waals surface area (Å²) in [4.78, 5) is 4.21. The fraction of sp³-hybridized carbons (Fsp3) is 0.538. The highest BCUT2D eigenvalue weighted by molar-refractivity contribution is 4.97. The third-order valence-corrected chi connectivity index (χ3v) is 2.79. The fourth-order valence-corrected chi connectivity index (χ4v) is 1.83. The molecule has 0 amide bonds. The van der Waals surface area contributed by atoms with E-state index in [2.05, 4.69) is 33.8 Å². The van der Waals surface area contributed by atoms with E-state index in [-0.39, 0.29) is 0 Å². The summed E-state index contributed by atoms with van der Waals surface area (Å²) < 4.78 is 4.11. The van der Waals surface area contributed by atoms with Gasteiger partial charge in [0.25, 0.3) is 0 Å². The molecule has 0 aromatic carbocycles. The molecule has 98 valence electrons. The number of aryl methyl sites for hydroxylation is 2. The fourth-order valence-electron chi connectivity index (χ4n) is 1.83. The second-order valence-electron chi connectivity index (χ2n) is 4.87. The molecule has 0 fully saturated rings. The summed E-state index contributed by atoms with van der Waals surface area (Å²) in [6.45, 7) is 8.10. The van der Waals surface area contributed by atoms with Gasteiger partial charge in [0, 0.05) is 31.7 Å². The molecule has 1 N–H and O–H groups in total. The molecule has 0 radical (unpaired) electrons. The first-order valence-corrected chi connectivity index (χ1v) is 6.43. The van der Waals surface area contributed by atoms with Crippen molar-refractivity contribution in [2.75, 3.05) is 6.54 Å². The van der Waals surface area contributed by atoms with Crippen molar-refractivity contribution in [3.05, 3.63) is 36.7 Å². The largest absolute Gasteiger partial charge is 0.332 e. The van der Waals surface area contributed by atoms with Crippen molar-refractivity contribution in [2.24, 2.45) is 5.92 Å². The molecular formula is C13H21N5. The molecule has 0 atom stereocenters. The number of nitrogens with one attached hydrogen (secondary N) is 1. The van der Waals surface area contributed by atoms with E-state index in [1.165, 1.54) is 5.69 Å². The normalized spacial score (nSPS) is 11.3. The quantitative estimate of drug-likeness (QED) is 0.807. The standard InChI is InChI=1S/C13H21N5/c1-12(2)8-14-9-13-10-15-11-17(13)6-7-18-5-3-4-16-18/h3-5,10-12,14H,6-9H2,1-2H3. The molecule has 2 aromatic heterocycles. The molecule has 0 unspecified atom stereocenters.